The van der Waals surface area contributed by atoms with Crippen LogP contribution in [-0.4, -0.2) is 25.2 Å². The number of fused-ring (bicyclic) bond motifs is 1. The van der Waals surface area contributed by atoms with Gasteiger partial charge in [-0.3, -0.25) is 0 Å². The molecule has 4 heteroatoms. The Labute approximate surface area is 113 Å². The van der Waals surface area contributed by atoms with Crippen molar-refractivity contribution < 1.29 is 4.74 Å². The van der Waals surface area contributed by atoms with E-state index in [-0.39, 0.29) is 0 Å². The van der Waals surface area contributed by atoms with Crippen LogP contribution in [0.3, 0.4) is 0 Å². The molecule has 0 saturated carbocycles. The van der Waals surface area contributed by atoms with Crippen molar-refractivity contribution in [3.05, 3.63) is 29.8 Å². The summed E-state index contributed by atoms with van der Waals surface area (Å²) in [4.78, 5) is 6.70. The highest BCUT2D eigenvalue weighted by molar-refractivity contribution is 5.84. The second kappa shape index (κ2) is 5.57. The van der Waals surface area contributed by atoms with Gasteiger partial charge in [-0.25, -0.2) is 4.98 Å². The first-order valence-electron chi connectivity index (χ1n) is 6.37. The van der Waals surface area contributed by atoms with E-state index in [2.05, 4.69) is 29.8 Å². The lowest BCUT2D eigenvalue weighted by atomic mass is 10.1. The Balaban J connectivity index is 2.63. The SMILES string of the molecule is CCN(CC)c1nc2ccc(OC)cc2cc1C#N. The topological polar surface area (TPSA) is 49.2 Å². The van der Waals surface area contributed by atoms with E-state index in [4.69, 9.17) is 4.74 Å². The van der Waals surface area contributed by atoms with E-state index >= 15 is 0 Å². The van der Waals surface area contributed by atoms with E-state index in [1.807, 2.05) is 24.3 Å². The van der Waals surface area contributed by atoms with Crippen LogP contribution in [0.15, 0.2) is 24.3 Å². The standard InChI is InChI=1S/C15H17N3O/c1-4-18(5-2)15-12(10-16)8-11-9-13(19-3)6-7-14(11)17-15/h6-9H,4-5H2,1-3H3. The highest BCUT2D eigenvalue weighted by atomic mass is 16.5. The molecule has 0 fully saturated rings. The Hall–Kier alpha value is -2.28. The zero-order valence-electron chi connectivity index (χ0n) is 11.5. The summed E-state index contributed by atoms with van der Waals surface area (Å²) in [6, 6.07) is 9.80. The molecular weight excluding hydrogens is 238 g/mol. The first kappa shape index (κ1) is 13.2. The summed E-state index contributed by atoms with van der Waals surface area (Å²) in [7, 11) is 1.63. The normalized spacial score (nSPS) is 10.2. The van der Waals surface area contributed by atoms with Gasteiger partial charge in [0.15, 0.2) is 0 Å². The van der Waals surface area contributed by atoms with Gasteiger partial charge in [0.25, 0.3) is 0 Å². The average molecular weight is 255 g/mol. The van der Waals surface area contributed by atoms with Gasteiger partial charge in [0.1, 0.15) is 17.6 Å². The van der Waals surface area contributed by atoms with Gasteiger partial charge in [0.05, 0.1) is 18.2 Å². The predicted molar refractivity (Wildman–Crippen MR) is 76.6 cm³/mol. The largest absolute Gasteiger partial charge is 0.497 e. The molecule has 0 radical (unpaired) electrons. The zero-order chi connectivity index (χ0) is 13.8. The molecule has 0 aliphatic heterocycles. The number of hydrogen-bond acceptors (Lipinski definition) is 4. The molecule has 19 heavy (non-hydrogen) atoms. The van der Waals surface area contributed by atoms with Gasteiger partial charge in [0.2, 0.25) is 0 Å². The molecule has 1 aromatic heterocycles. The number of rotatable bonds is 4. The van der Waals surface area contributed by atoms with Crippen LogP contribution in [-0.2, 0) is 0 Å². The molecular formula is C15H17N3O. The molecule has 2 rings (SSSR count). The third-order valence-electron chi connectivity index (χ3n) is 3.19. The van der Waals surface area contributed by atoms with Crippen LogP contribution in [0.25, 0.3) is 10.9 Å². The maximum atomic E-state index is 9.30. The fourth-order valence-corrected chi connectivity index (χ4v) is 2.12. The second-order valence-corrected chi connectivity index (χ2v) is 4.20. The monoisotopic (exact) mass is 255 g/mol. The number of anilines is 1. The highest BCUT2D eigenvalue weighted by Gasteiger charge is 2.12. The second-order valence-electron chi connectivity index (χ2n) is 4.20. The predicted octanol–water partition coefficient (Wildman–Crippen LogP) is 2.96. The number of benzene rings is 1. The summed E-state index contributed by atoms with van der Waals surface area (Å²) >= 11 is 0. The van der Waals surface area contributed by atoms with Crippen LogP contribution in [0.5, 0.6) is 5.75 Å². The minimum atomic E-state index is 0.601. The molecule has 0 amide bonds. The first-order chi connectivity index (χ1) is 9.23. The smallest absolute Gasteiger partial charge is 0.147 e. The van der Waals surface area contributed by atoms with Gasteiger partial charge in [-0.05, 0) is 38.1 Å². The Morgan fingerprint density at radius 3 is 2.58 bits per heavy atom. The summed E-state index contributed by atoms with van der Waals surface area (Å²) < 4.78 is 5.19. The molecule has 2 aromatic rings. The van der Waals surface area contributed by atoms with Crippen LogP contribution in [0.1, 0.15) is 19.4 Å². The van der Waals surface area contributed by atoms with E-state index in [1.165, 1.54) is 0 Å². The number of nitrogens with zero attached hydrogens (tertiary/aromatic N) is 3. The molecule has 0 spiro atoms. The van der Waals surface area contributed by atoms with Crippen LogP contribution >= 0.6 is 0 Å². The molecule has 4 nitrogen and oxygen atoms in total. The minimum Gasteiger partial charge on any atom is -0.497 e. The highest BCUT2D eigenvalue weighted by Crippen LogP contribution is 2.25. The van der Waals surface area contributed by atoms with E-state index in [9.17, 15) is 5.26 Å². The van der Waals surface area contributed by atoms with E-state index in [1.54, 1.807) is 7.11 Å². The molecule has 1 aromatic carbocycles. The van der Waals surface area contributed by atoms with E-state index < -0.39 is 0 Å². The lowest BCUT2D eigenvalue weighted by Gasteiger charge is -2.21. The number of aromatic nitrogens is 1. The third kappa shape index (κ3) is 2.45. The van der Waals surface area contributed by atoms with Crippen molar-refractivity contribution >= 4 is 16.7 Å². The van der Waals surface area contributed by atoms with Crippen LogP contribution in [0.4, 0.5) is 5.82 Å². The number of nitriles is 1. The van der Waals surface area contributed by atoms with Gasteiger partial charge < -0.3 is 9.64 Å². The number of hydrogen-bond donors (Lipinski definition) is 0. The van der Waals surface area contributed by atoms with Crippen molar-refractivity contribution in [3.8, 4) is 11.8 Å². The third-order valence-corrected chi connectivity index (χ3v) is 3.19. The Bertz CT molecular complexity index is 627. The van der Waals surface area contributed by atoms with Crippen molar-refractivity contribution in [1.82, 2.24) is 4.98 Å². The number of methoxy groups -OCH3 is 1. The summed E-state index contributed by atoms with van der Waals surface area (Å²) in [5.74, 6) is 1.53. The minimum absolute atomic E-state index is 0.601. The lowest BCUT2D eigenvalue weighted by molar-refractivity contribution is 0.415. The Morgan fingerprint density at radius 1 is 1.26 bits per heavy atom. The molecule has 0 aliphatic carbocycles. The van der Waals surface area contributed by atoms with Gasteiger partial charge in [0, 0.05) is 18.5 Å². The van der Waals surface area contributed by atoms with Crippen molar-refractivity contribution in [1.29, 1.82) is 5.26 Å². The van der Waals surface area contributed by atoms with Crippen molar-refractivity contribution in [2.24, 2.45) is 0 Å². The maximum Gasteiger partial charge on any atom is 0.147 e. The number of ether oxygens (including phenoxy) is 1. The summed E-state index contributed by atoms with van der Waals surface area (Å²) in [6.07, 6.45) is 0. The fraction of sp³-hybridized carbons (Fsp3) is 0.333. The van der Waals surface area contributed by atoms with Crippen LogP contribution in [0, 0.1) is 11.3 Å². The van der Waals surface area contributed by atoms with Gasteiger partial charge in [-0.1, -0.05) is 0 Å². The quantitative estimate of drug-likeness (QED) is 0.842. The summed E-state index contributed by atoms with van der Waals surface area (Å²) in [5, 5.41) is 10.2. The molecule has 0 N–H and O–H groups in total. The fourth-order valence-electron chi connectivity index (χ4n) is 2.12. The molecule has 0 atom stereocenters. The summed E-state index contributed by atoms with van der Waals surface area (Å²) in [6.45, 7) is 5.79. The first-order valence-corrected chi connectivity index (χ1v) is 6.37. The van der Waals surface area contributed by atoms with Crippen LogP contribution < -0.4 is 9.64 Å². The Morgan fingerprint density at radius 2 is 2.00 bits per heavy atom. The van der Waals surface area contributed by atoms with E-state index in [0.29, 0.717) is 5.56 Å². The van der Waals surface area contributed by atoms with E-state index in [0.717, 1.165) is 35.6 Å². The molecule has 1 heterocycles. The molecule has 0 bridgehead atoms. The molecule has 0 aliphatic rings. The molecule has 0 saturated heterocycles. The number of pyridine rings is 1. The molecule has 98 valence electrons. The zero-order valence-corrected chi connectivity index (χ0v) is 11.5. The lowest BCUT2D eigenvalue weighted by Crippen LogP contribution is -2.24. The average Bonchev–Trinajstić information content (AvgIpc) is 2.47. The van der Waals surface area contributed by atoms with Crippen molar-refractivity contribution in [2.75, 3.05) is 25.1 Å². The maximum absolute atomic E-state index is 9.30. The van der Waals surface area contributed by atoms with Crippen molar-refractivity contribution in [3.63, 3.8) is 0 Å². The van der Waals surface area contributed by atoms with Crippen molar-refractivity contribution in [2.45, 2.75) is 13.8 Å². The van der Waals surface area contributed by atoms with Gasteiger partial charge in [-0.2, -0.15) is 5.26 Å². The van der Waals surface area contributed by atoms with Crippen LogP contribution in [0.2, 0.25) is 0 Å². The van der Waals surface area contributed by atoms with Gasteiger partial charge >= 0.3 is 0 Å². The van der Waals surface area contributed by atoms with Gasteiger partial charge in [-0.15, -0.1) is 0 Å². The molecule has 0 unspecified atom stereocenters. The Kier molecular flexibility index (Phi) is 3.86. The summed E-state index contributed by atoms with van der Waals surface area (Å²) in [5.41, 5.74) is 1.48.